The lowest BCUT2D eigenvalue weighted by Gasteiger charge is -2.19. The lowest BCUT2D eigenvalue weighted by molar-refractivity contribution is -0.145. The third-order valence-corrected chi connectivity index (χ3v) is 2.39. The van der Waals surface area contributed by atoms with Gasteiger partial charge in [-0.15, -0.1) is 0 Å². The predicted molar refractivity (Wildman–Crippen MR) is 59.6 cm³/mol. The minimum Gasteiger partial charge on any atom is -0.469 e. The Kier molecular flexibility index (Phi) is 8.33. The number of unbranched alkanes of at least 4 members (excludes halogenated alkanes) is 2. The second-order valence-corrected chi connectivity index (χ2v) is 3.97. The average molecular weight is 217 g/mol. The van der Waals surface area contributed by atoms with Crippen LogP contribution in [0, 0.1) is 5.92 Å². The Bertz CT molecular complexity index is 173. The van der Waals surface area contributed by atoms with Gasteiger partial charge in [0, 0.05) is 13.2 Å². The maximum atomic E-state index is 11.1. The molecule has 0 aliphatic rings. The fourth-order valence-corrected chi connectivity index (χ4v) is 1.50. The van der Waals surface area contributed by atoms with Crippen molar-refractivity contribution in [2.75, 3.05) is 33.9 Å². The van der Waals surface area contributed by atoms with Gasteiger partial charge in [0.1, 0.15) is 0 Å². The van der Waals surface area contributed by atoms with E-state index in [9.17, 15) is 4.79 Å². The Morgan fingerprint density at radius 1 is 1.40 bits per heavy atom. The molecule has 4 heteroatoms. The van der Waals surface area contributed by atoms with Crippen molar-refractivity contribution in [3.05, 3.63) is 0 Å². The summed E-state index contributed by atoms with van der Waals surface area (Å²) in [6.45, 7) is 3.82. The summed E-state index contributed by atoms with van der Waals surface area (Å²) in [4.78, 5) is 13.3. The SMILES string of the molecule is COC(=O)C(C)CN(C)CCCCCO. The molecule has 0 radical (unpaired) electrons. The van der Waals surface area contributed by atoms with Crippen LogP contribution in [0.5, 0.6) is 0 Å². The van der Waals surface area contributed by atoms with Gasteiger partial charge in [0.25, 0.3) is 0 Å². The van der Waals surface area contributed by atoms with Gasteiger partial charge in [-0.2, -0.15) is 0 Å². The Hall–Kier alpha value is -0.610. The molecule has 90 valence electrons. The maximum Gasteiger partial charge on any atom is 0.309 e. The van der Waals surface area contributed by atoms with Crippen molar-refractivity contribution in [3.8, 4) is 0 Å². The zero-order valence-corrected chi connectivity index (χ0v) is 10.0. The number of carbonyl (C=O) groups excluding carboxylic acids is 1. The molecule has 0 aromatic heterocycles. The molecule has 1 atom stereocenters. The first-order valence-corrected chi connectivity index (χ1v) is 5.49. The molecule has 0 aliphatic heterocycles. The minimum atomic E-state index is -0.155. The number of methoxy groups -OCH3 is 1. The number of aliphatic hydroxyl groups is 1. The van der Waals surface area contributed by atoms with E-state index in [1.54, 1.807) is 0 Å². The number of ether oxygens (including phenoxy) is 1. The summed E-state index contributed by atoms with van der Waals surface area (Å²) in [6, 6.07) is 0. The third kappa shape index (κ3) is 7.33. The van der Waals surface area contributed by atoms with E-state index in [1.165, 1.54) is 7.11 Å². The number of carbonyl (C=O) groups is 1. The van der Waals surface area contributed by atoms with Crippen molar-refractivity contribution >= 4 is 5.97 Å². The quantitative estimate of drug-likeness (QED) is 0.484. The zero-order valence-electron chi connectivity index (χ0n) is 10.0. The van der Waals surface area contributed by atoms with Crippen molar-refractivity contribution in [2.45, 2.75) is 26.2 Å². The largest absolute Gasteiger partial charge is 0.469 e. The molecule has 0 spiro atoms. The number of rotatable bonds is 8. The first-order valence-electron chi connectivity index (χ1n) is 5.49. The topological polar surface area (TPSA) is 49.8 Å². The molecule has 1 N–H and O–H groups in total. The molecule has 0 bridgehead atoms. The molecular weight excluding hydrogens is 194 g/mol. The molecule has 0 saturated heterocycles. The van der Waals surface area contributed by atoms with E-state index in [4.69, 9.17) is 5.11 Å². The Morgan fingerprint density at radius 3 is 2.60 bits per heavy atom. The van der Waals surface area contributed by atoms with Gasteiger partial charge in [-0.1, -0.05) is 6.92 Å². The molecule has 0 saturated carbocycles. The summed E-state index contributed by atoms with van der Waals surface area (Å²) in [5.74, 6) is -0.227. The summed E-state index contributed by atoms with van der Waals surface area (Å²) in [7, 11) is 3.42. The number of esters is 1. The smallest absolute Gasteiger partial charge is 0.309 e. The highest BCUT2D eigenvalue weighted by Gasteiger charge is 2.14. The van der Waals surface area contributed by atoms with Crippen molar-refractivity contribution in [1.29, 1.82) is 0 Å². The molecule has 1 unspecified atom stereocenters. The summed E-state index contributed by atoms with van der Waals surface area (Å²) >= 11 is 0. The highest BCUT2D eigenvalue weighted by molar-refractivity contribution is 5.71. The number of nitrogens with zero attached hydrogens (tertiary/aromatic N) is 1. The molecular formula is C11H23NO3. The second kappa shape index (κ2) is 8.68. The van der Waals surface area contributed by atoms with Crippen LogP contribution in [0.3, 0.4) is 0 Å². The number of aliphatic hydroxyl groups excluding tert-OH is 1. The molecule has 0 heterocycles. The summed E-state index contributed by atoms with van der Waals surface area (Å²) in [5.41, 5.74) is 0. The van der Waals surface area contributed by atoms with Gasteiger partial charge < -0.3 is 14.7 Å². The lowest BCUT2D eigenvalue weighted by atomic mass is 10.1. The van der Waals surface area contributed by atoms with Gasteiger partial charge in [0.05, 0.1) is 13.0 Å². The molecule has 0 aromatic rings. The standard InChI is InChI=1S/C11H23NO3/c1-10(11(14)15-3)9-12(2)7-5-4-6-8-13/h10,13H,4-9H2,1-3H3. The average Bonchev–Trinajstić information content (AvgIpc) is 2.23. The van der Waals surface area contributed by atoms with E-state index >= 15 is 0 Å². The normalized spacial score (nSPS) is 12.9. The molecule has 0 fully saturated rings. The van der Waals surface area contributed by atoms with Crippen LogP contribution >= 0.6 is 0 Å². The second-order valence-electron chi connectivity index (χ2n) is 3.97. The van der Waals surface area contributed by atoms with Crippen molar-refractivity contribution in [3.63, 3.8) is 0 Å². The van der Waals surface area contributed by atoms with Crippen molar-refractivity contribution in [1.82, 2.24) is 4.90 Å². The van der Waals surface area contributed by atoms with E-state index in [2.05, 4.69) is 9.64 Å². The molecule has 0 rings (SSSR count). The maximum absolute atomic E-state index is 11.1. The van der Waals surface area contributed by atoms with E-state index in [1.807, 2.05) is 14.0 Å². The summed E-state index contributed by atoms with van der Waals surface area (Å²) in [6.07, 6.45) is 2.96. The van der Waals surface area contributed by atoms with Gasteiger partial charge in [-0.25, -0.2) is 0 Å². The van der Waals surface area contributed by atoms with Gasteiger partial charge in [-0.05, 0) is 32.9 Å². The van der Waals surface area contributed by atoms with Crippen molar-refractivity contribution in [2.24, 2.45) is 5.92 Å². The van der Waals surface area contributed by atoms with Crippen LogP contribution in [0.4, 0.5) is 0 Å². The van der Waals surface area contributed by atoms with E-state index in [0.29, 0.717) is 0 Å². The summed E-state index contributed by atoms with van der Waals surface area (Å²) < 4.78 is 4.66. The van der Waals surface area contributed by atoms with Crippen LogP contribution in [0.15, 0.2) is 0 Å². The summed E-state index contributed by atoms with van der Waals surface area (Å²) in [5, 5.41) is 8.61. The van der Waals surface area contributed by atoms with Gasteiger partial charge in [0.2, 0.25) is 0 Å². The monoisotopic (exact) mass is 217 g/mol. The van der Waals surface area contributed by atoms with Crippen LogP contribution in [0.1, 0.15) is 26.2 Å². The van der Waals surface area contributed by atoms with Crippen LogP contribution in [0.25, 0.3) is 0 Å². The molecule has 15 heavy (non-hydrogen) atoms. The van der Waals surface area contributed by atoms with Crippen molar-refractivity contribution < 1.29 is 14.6 Å². The Labute approximate surface area is 92.2 Å². The van der Waals surface area contributed by atoms with Crippen LogP contribution in [-0.4, -0.2) is 49.8 Å². The first kappa shape index (κ1) is 14.4. The zero-order chi connectivity index (χ0) is 11.7. The van der Waals surface area contributed by atoms with Crippen LogP contribution < -0.4 is 0 Å². The Morgan fingerprint density at radius 2 is 2.07 bits per heavy atom. The van der Waals surface area contributed by atoms with Gasteiger partial charge >= 0.3 is 5.97 Å². The lowest BCUT2D eigenvalue weighted by Crippen LogP contribution is -2.30. The molecule has 0 aliphatic carbocycles. The third-order valence-electron chi connectivity index (χ3n) is 2.39. The van der Waals surface area contributed by atoms with E-state index in [-0.39, 0.29) is 18.5 Å². The highest BCUT2D eigenvalue weighted by Crippen LogP contribution is 2.03. The molecule has 0 aromatic carbocycles. The fourth-order valence-electron chi connectivity index (χ4n) is 1.50. The molecule has 0 amide bonds. The number of hydrogen-bond donors (Lipinski definition) is 1. The Balaban J connectivity index is 3.55. The highest BCUT2D eigenvalue weighted by atomic mass is 16.5. The number of hydrogen-bond acceptors (Lipinski definition) is 4. The van der Waals surface area contributed by atoms with E-state index in [0.717, 1.165) is 32.4 Å². The fraction of sp³-hybridized carbons (Fsp3) is 0.909. The minimum absolute atomic E-state index is 0.0714. The van der Waals surface area contributed by atoms with Gasteiger partial charge in [0.15, 0.2) is 0 Å². The van der Waals surface area contributed by atoms with E-state index < -0.39 is 0 Å². The molecule has 4 nitrogen and oxygen atoms in total. The van der Waals surface area contributed by atoms with Gasteiger partial charge in [-0.3, -0.25) is 4.79 Å². The predicted octanol–water partition coefficient (Wildman–Crippen LogP) is 0.890. The van der Waals surface area contributed by atoms with Crippen LogP contribution in [-0.2, 0) is 9.53 Å². The van der Waals surface area contributed by atoms with Crippen LogP contribution in [0.2, 0.25) is 0 Å². The first-order chi connectivity index (χ1) is 7.11.